The first-order valence-electron chi connectivity index (χ1n) is 5.85. The molecule has 7 nitrogen and oxygen atoms in total. The lowest BCUT2D eigenvalue weighted by molar-refractivity contribution is 0.199. The van der Waals surface area contributed by atoms with Gasteiger partial charge in [-0.1, -0.05) is 0 Å². The molecule has 0 spiro atoms. The molecule has 0 bridgehead atoms. The number of aromatic nitrogens is 5. The van der Waals surface area contributed by atoms with Crippen molar-refractivity contribution in [2.45, 2.75) is 23.8 Å². The molecule has 0 aromatic carbocycles. The van der Waals surface area contributed by atoms with E-state index in [1.807, 2.05) is 6.92 Å². The van der Waals surface area contributed by atoms with Crippen LogP contribution < -0.4 is 5.32 Å². The summed E-state index contributed by atoms with van der Waals surface area (Å²) in [5, 5.41) is 11.3. The summed E-state index contributed by atoms with van der Waals surface area (Å²) in [6.07, 6.45) is 3.60. The monoisotopic (exact) mass is 280 g/mol. The van der Waals surface area contributed by atoms with Crippen molar-refractivity contribution in [2.75, 3.05) is 20.3 Å². The van der Waals surface area contributed by atoms with Crippen LogP contribution in [-0.2, 0) is 11.3 Å². The Morgan fingerprint density at radius 3 is 2.74 bits per heavy atom. The number of hydrogen-bond donors (Lipinski definition) is 2. The molecule has 2 aromatic heterocycles. The van der Waals surface area contributed by atoms with Crippen LogP contribution in [0.25, 0.3) is 0 Å². The Hall–Kier alpha value is -1.51. The van der Waals surface area contributed by atoms with Gasteiger partial charge in [0.2, 0.25) is 5.16 Å². The molecule has 0 saturated heterocycles. The van der Waals surface area contributed by atoms with Gasteiger partial charge in [-0.3, -0.25) is 5.10 Å². The van der Waals surface area contributed by atoms with E-state index in [0.29, 0.717) is 16.9 Å². The van der Waals surface area contributed by atoms with Crippen LogP contribution in [0.3, 0.4) is 0 Å². The Morgan fingerprint density at radius 1 is 1.32 bits per heavy atom. The molecule has 0 aliphatic carbocycles. The Labute approximate surface area is 115 Å². The minimum absolute atomic E-state index is 0.628. The molecule has 2 N–H and O–H groups in total. The summed E-state index contributed by atoms with van der Waals surface area (Å²) in [4.78, 5) is 12.7. The number of aromatic amines is 1. The van der Waals surface area contributed by atoms with Gasteiger partial charge >= 0.3 is 0 Å². The first-order chi connectivity index (χ1) is 9.28. The Balaban J connectivity index is 1.84. The lowest BCUT2D eigenvalue weighted by Crippen LogP contribution is -2.18. The summed E-state index contributed by atoms with van der Waals surface area (Å²) < 4.78 is 4.95. The van der Waals surface area contributed by atoms with E-state index < -0.39 is 0 Å². The lowest BCUT2D eigenvalue weighted by Gasteiger charge is -2.03. The van der Waals surface area contributed by atoms with Crippen LogP contribution in [-0.4, -0.2) is 45.4 Å². The third kappa shape index (κ3) is 4.58. The third-order valence-corrected chi connectivity index (χ3v) is 3.01. The lowest BCUT2D eigenvalue weighted by atomic mass is 10.3. The van der Waals surface area contributed by atoms with Crippen molar-refractivity contribution in [1.29, 1.82) is 0 Å². The smallest absolute Gasteiger partial charge is 0.216 e. The Bertz CT molecular complexity index is 500. The second-order valence-electron chi connectivity index (χ2n) is 3.85. The van der Waals surface area contributed by atoms with Gasteiger partial charge < -0.3 is 10.1 Å². The Morgan fingerprint density at radius 2 is 2.11 bits per heavy atom. The van der Waals surface area contributed by atoms with Gasteiger partial charge in [0, 0.05) is 38.2 Å². The van der Waals surface area contributed by atoms with E-state index in [4.69, 9.17) is 4.74 Å². The van der Waals surface area contributed by atoms with E-state index in [-0.39, 0.29) is 0 Å². The molecule has 8 heteroatoms. The molecule has 102 valence electrons. The number of hydrogen-bond acceptors (Lipinski definition) is 7. The third-order valence-electron chi connectivity index (χ3n) is 2.25. The van der Waals surface area contributed by atoms with Gasteiger partial charge in [0.1, 0.15) is 5.82 Å². The number of nitrogens with one attached hydrogen (secondary N) is 2. The predicted octanol–water partition coefficient (Wildman–Crippen LogP) is 0.790. The fourth-order valence-electron chi connectivity index (χ4n) is 1.34. The van der Waals surface area contributed by atoms with Crippen LogP contribution in [0.5, 0.6) is 0 Å². The number of nitrogens with zero attached hydrogens (tertiary/aromatic N) is 4. The number of methoxy groups -OCH3 is 1. The van der Waals surface area contributed by atoms with Crippen molar-refractivity contribution in [1.82, 2.24) is 30.5 Å². The minimum atomic E-state index is 0.628. The molecule has 0 aliphatic rings. The molecule has 0 radical (unpaired) electrons. The van der Waals surface area contributed by atoms with E-state index in [9.17, 15) is 0 Å². The van der Waals surface area contributed by atoms with Crippen molar-refractivity contribution in [3.63, 3.8) is 0 Å². The van der Waals surface area contributed by atoms with Gasteiger partial charge in [-0.05, 0) is 18.7 Å². The van der Waals surface area contributed by atoms with Gasteiger partial charge in [-0.15, -0.1) is 5.10 Å². The molecule has 0 unspecified atom stereocenters. The van der Waals surface area contributed by atoms with E-state index in [1.165, 1.54) is 11.8 Å². The van der Waals surface area contributed by atoms with Crippen LogP contribution in [0.4, 0.5) is 0 Å². The molecule has 0 fully saturated rings. The number of ether oxygens (including phenoxy) is 1. The summed E-state index contributed by atoms with van der Waals surface area (Å²) in [5.74, 6) is 0.779. The van der Waals surface area contributed by atoms with Crippen molar-refractivity contribution in [2.24, 2.45) is 0 Å². The van der Waals surface area contributed by atoms with Crippen molar-refractivity contribution < 1.29 is 4.74 Å². The van der Waals surface area contributed by atoms with Crippen LogP contribution in [0.1, 0.15) is 11.4 Å². The highest BCUT2D eigenvalue weighted by Crippen LogP contribution is 2.19. The maximum absolute atomic E-state index is 4.95. The molecule has 0 atom stereocenters. The van der Waals surface area contributed by atoms with E-state index in [2.05, 4.69) is 30.5 Å². The zero-order chi connectivity index (χ0) is 13.5. The summed E-state index contributed by atoms with van der Waals surface area (Å²) in [6, 6.07) is 0. The summed E-state index contributed by atoms with van der Waals surface area (Å²) in [7, 11) is 1.68. The number of H-pyrrole nitrogens is 1. The zero-order valence-corrected chi connectivity index (χ0v) is 11.7. The van der Waals surface area contributed by atoms with Crippen LogP contribution in [0.2, 0.25) is 0 Å². The number of rotatable bonds is 7. The van der Waals surface area contributed by atoms with E-state index in [0.717, 1.165) is 24.5 Å². The minimum Gasteiger partial charge on any atom is -0.383 e. The highest BCUT2D eigenvalue weighted by molar-refractivity contribution is 7.99. The van der Waals surface area contributed by atoms with Gasteiger partial charge in [-0.25, -0.2) is 15.0 Å². The van der Waals surface area contributed by atoms with Gasteiger partial charge in [0.25, 0.3) is 0 Å². The van der Waals surface area contributed by atoms with Gasteiger partial charge in [0.05, 0.1) is 6.61 Å². The van der Waals surface area contributed by atoms with E-state index in [1.54, 1.807) is 19.5 Å². The topological polar surface area (TPSA) is 88.6 Å². The molecule has 2 aromatic rings. The Kier molecular flexibility index (Phi) is 5.25. The standard InChI is InChI=1S/C11H16N6OS/c1-8-15-11(17-16-8)19-10-13-6-9(7-14-10)5-12-3-4-18-2/h6-7,12H,3-5H2,1-2H3,(H,15,16,17). The number of aryl methyl sites for hydroxylation is 1. The summed E-state index contributed by atoms with van der Waals surface area (Å²) in [6.45, 7) is 4.09. The highest BCUT2D eigenvalue weighted by Gasteiger charge is 2.05. The average molecular weight is 280 g/mol. The van der Waals surface area contributed by atoms with Crippen LogP contribution >= 0.6 is 11.8 Å². The second kappa shape index (κ2) is 7.17. The SMILES string of the molecule is COCCNCc1cnc(Sc2n[nH]c(C)n2)nc1. The average Bonchev–Trinajstić information content (AvgIpc) is 2.82. The largest absolute Gasteiger partial charge is 0.383 e. The summed E-state index contributed by atoms with van der Waals surface area (Å²) >= 11 is 1.33. The fourth-order valence-corrected chi connectivity index (χ4v) is 1.99. The highest BCUT2D eigenvalue weighted by atomic mass is 32.2. The molecule has 0 amide bonds. The zero-order valence-electron chi connectivity index (χ0n) is 10.9. The maximum Gasteiger partial charge on any atom is 0.216 e. The summed E-state index contributed by atoms with van der Waals surface area (Å²) in [5.41, 5.74) is 1.03. The molecule has 2 rings (SSSR count). The van der Waals surface area contributed by atoms with Crippen molar-refractivity contribution in [3.8, 4) is 0 Å². The van der Waals surface area contributed by atoms with Crippen LogP contribution in [0, 0.1) is 6.92 Å². The molecule has 2 heterocycles. The first-order valence-corrected chi connectivity index (χ1v) is 6.67. The molecule has 0 saturated carbocycles. The second-order valence-corrected chi connectivity index (χ2v) is 4.78. The normalized spacial score (nSPS) is 10.8. The first kappa shape index (κ1) is 13.9. The van der Waals surface area contributed by atoms with E-state index >= 15 is 0 Å². The molecular formula is C11H16N6OS. The molecule has 0 aliphatic heterocycles. The molecular weight excluding hydrogens is 264 g/mol. The quantitative estimate of drug-likeness (QED) is 0.572. The van der Waals surface area contributed by atoms with Crippen molar-refractivity contribution in [3.05, 3.63) is 23.8 Å². The maximum atomic E-state index is 4.95. The van der Waals surface area contributed by atoms with Crippen molar-refractivity contribution >= 4 is 11.8 Å². The predicted molar refractivity (Wildman–Crippen MR) is 70.9 cm³/mol. The fraction of sp³-hybridized carbons (Fsp3) is 0.455. The molecule has 19 heavy (non-hydrogen) atoms. The van der Waals surface area contributed by atoms with Gasteiger partial charge in [-0.2, -0.15) is 0 Å². The van der Waals surface area contributed by atoms with Gasteiger partial charge in [0.15, 0.2) is 5.16 Å². The van der Waals surface area contributed by atoms with Crippen LogP contribution in [0.15, 0.2) is 22.7 Å².